The second-order valence-corrected chi connectivity index (χ2v) is 7.20. The third-order valence-electron chi connectivity index (χ3n) is 3.94. The van der Waals surface area contributed by atoms with Crippen molar-refractivity contribution in [3.63, 3.8) is 0 Å². The first kappa shape index (κ1) is 28.0. The molecule has 0 saturated heterocycles. The van der Waals surface area contributed by atoms with Crippen LogP contribution in [0.2, 0.25) is 0 Å². The summed E-state index contributed by atoms with van der Waals surface area (Å²) < 4.78 is 21.5. The summed E-state index contributed by atoms with van der Waals surface area (Å²) in [5, 5.41) is 1.59. The minimum atomic E-state index is -0.336. The van der Waals surface area contributed by atoms with E-state index in [0.717, 1.165) is 54.1 Å². The van der Waals surface area contributed by atoms with Crippen molar-refractivity contribution in [2.24, 2.45) is 10.7 Å². The van der Waals surface area contributed by atoms with Gasteiger partial charge in [-0.3, -0.25) is 0 Å². The van der Waals surface area contributed by atoms with Crippen LogP contribution in [0.25, 0.3) is 0 Å². The van der Waals surface area contributed by atoms with E-state index in [9.17, 15) is 4.39 Å². The molecule has 1 atom stereocenters. The Morgan fingerprint density at radius 3 is 2.66 bits per heavy atom. The molecule has 0 aliphatic carbocycles. The maximum absolute atomic E-state index is 14.5. The number of halogens is 1. The molecule has 163 valence electrons. The molecule has 3 N–H and O–H groups in total. The van der Waals surface area contributed by atoms with Crippen LogP contribution < -0.4 is 11.2 Å². The van der Waals surface area contributed by atoms with Gasteiger partial charge in [-0.1, -0.05) is 27.7 Å². The fraction of sp³-hybridized carbons (Fsp3) is 0.571. The van der Waals surface area contributed by atoms with E-state index >= 15 is 0 Å². The Hall–Kier alpha value is -1.04. The van der Waals surface area contributed by atoms with Gasteiger partial charge in [0.1, 0.15) is 0 Å². The van der Waals surface area contributed by atoms with Crippen LogP contribution in [0.1, 0.15) is 41.0 Å². The monoisotopic (exact) mass is 602 g/mol. The molecule has 6 nitrogen and oxygen atoms in total. The zero-order chi connectivity index (χ0) is 22.4. The Kier molecular flexibility index (Phi) is 15.2. The zero-order valence-electron chi connectivity index (χ0n) is 18.9. The molecule has 1 unspecified atom stereocenters. The molecule has 2 rings (SSSR count). The number of nitrogens with one attached hydrogen (secondary N) is 1. The summed E-state index contributed by atoms with van der Waals surface area (Å²) in [6.07, 6.45) is 7.26. The van der Waals surface area contributed by atoms with Gasteiger partial charge in [0.25, 0.3) is 0 Å². The number of hydrazine groups is 1. The van der Waals surface area contributed by atoms with Crippen LogP contribution in [0, 0.1) is 0 Å². The van der Waals surface area contributed by atoms with Gasteiger partial charge in [-0.05, 0) is 0 Å². The van der Waals surface area contributed by atoms with Crippen molar-refractivity contribution < 1.29 is 9.13 Å². The first-order valence-corrected chi connectivity index (χ1v) is 12.9. The van der Waals surface area contributed by atoms with Gasteiger partial charge < -0.3 is 5.73 Å². The van der Waals surface area contributed by atoms with Crippen LogP contribution in [0.15, 0.2) is 51.8 Å². The van der Waals surface area contributed by atoms with E-state index in [1.807, 2.05) is 40.7 Å². The van der Waals surface area contributed by atoms with Crippen molar-refractivity contribution in [1.29, 1.82) is 0 Å². The van der Waals surface area contributed by atoms with Gasteiger partial charge in [-0.2, -0.15) is 0 Å². The second-order valence-electron chi connectivity index (χ2n) is 5.97. The van der Waals surface area contributed by atoms with Crippen molar-refractivity contribution in [2.45, 2.75) is 47.2 Å². The molecule has 2 heterocycles. The number of nitrogens with two attached hydrogens (primary N) is 1. The number of aliphatic imine (C=N–C) groups is 1. The first-order chi connectivity index (χ1) is 14.0. The molecular weight excluding hydrogens is 564 g/mol. The van der Waals surface area contributed by atoms with Gasteiger partial charge in [-0.25, -0.2) is 5.43 Å². The van der Waals surface area contributed by atoms with Crippen LogP contribution in [0.3, 0.4) is 0 Å². The van der Waals surface area contributed by atoms with Crippen molar-refractivity contribution >= 4 is 32.0 Å². The Morgan fingerprint density at radius 2 is 2.07 bits per heavy atom. The molecule has 0 fully saturated rings. The van der Waals surface area contributed by atoms with Crippen LogP contribution >= 0.6 is 0 Å². The van der Waals surface area contributed by atoms with Gasteiger partial charge in [0.05, 0.1) is 6.17 Å². The fourth-order valence-corrected chi connectivity index (χ4v) is 3.16. The summed E-state index contributed by atoms with van der Waals surface area (Å²) in [5.41, 5.74) is 10.8. The van der Waals surface area contributed by atoms with Gasteiger partial charge in [0.2, 0.25) is 0 Å². The number of hydrogen-bond acceptors (Lipinski definition) is 6. The summed E-state index contributed by atoms with van der Waals surface area (Å²) in [6.45, 7) is 11.4. The predicted molar refractivity (Wildman–Crippen MR) is 122 cm³/mol. The standard InChI is InChI=1S/C17H25FN5O.2C2H6.Pb/c1-12(16(10-20-2)24-7-5-6-22(3)4)14-8-13-9-17(19)21-23(13)11-15(14)18;2*1-2;/h8-11,17,21H,3,5-7,19H2,1-2,4H3;2*1-2H3;/b16-12-,20-10?;;;. The number of fused-ring (bicyclic) bond motifs is 1. The average Bonchev–Trinajstić information content (AvgIpc) is 3.10. The van der Waals surface area contributed by atoms with E-state index in [1.54, 1.807) is 24.3 Å². The van der Waals surface area contributed by atoms with Crippen molar-refractivity contribution in [3.8, 4) is 0 Å². The third-order valence-corrected chi connectivity index (χ3v) is 6.04. The summed E-state index contributed by atoms with van der Waals surface area (Å²) in [6, 6.07) is 0. The molecule has 29 heavy (non-hydrogen) atoms. The van der Waals surface area contributed by atoms with E-state index in [1.165, 1.54) is 6.20 Å². The molecule has 0 saturated carbocycles. The molecule has 0 aromatic rings. The molecule has 0 aromatic heterocycles. The molecule has 3 radical (unpaired) electrons. The molecule has 0 amide bonds. The van der Waals surface area contributed by atoms with Crippen LogP contribution in [-0.2, 0) is 4.74 Å². The minimum absolute atomic E-state index is 0.314. The number of allylic oxidation sites excluding steroid dienone is 5. The number of rotatable bonds is 8. The summed E-state index contributed by atoms with van der Waals surface area (Å²) >= 11 is 1.16. The van der Waals surface area contributed by atoms with Crippen molar-refractivity contribution in [3.05, 3.63) is 46.8 Å². The van der Waals surface area contributed by atoms with E-state index in [4.69, 9.17) is 10.5 Å². The Morgan fingerprint density at radius 1 is 1.41 bits per heavy atom. The first-order valence-electron chi connectivity index (χ1n) is 10.2. The molecule has 8 heteroatoms. The van der Waals surface area contributed by atoms with Gasteiger partial charge >= 0.3 is 147 Å². The Bertz CT molecular complexity index is 643. The summed E-state index contributed by atoms with van der Waals surface area (Å²) in [7, 11) is 3.78. The quantitative estimate of drug-likeness (QED) is 0.194. The van der Waals surface area contributed by atoms with E-state index < -0.39 is 0 Å². The topological polar surface area (TPSA) is 66.1 Å². The van der Waals surface area contributed by atoms with Crippen molar-refractivity contribution in [1.82, 2.24) is 15.3 Å². The summed E-state index contributed by atoms with van der Waals surface area (Å²) in [4.78, 5) is 6.33. The molecule has 0 bridgehead atoms. The normalized spacial score (nSPS) is 18.7. The van der Waals surface area contributed by atoms with Crippen LogP contribution in [0.5, 0.6) is 0 Å². The van der Waals surface area contributed by atoms with Gasteiger partial charge in [0.15, 0.2) is 0 Å². The van der Waals surface area contributed by atoms with Crippen molar-refractivity contribution in [2.75, 3.05) is 31.4 Å². The Labute approximate surface area is 192 Å². The number of nitrogens with zero attached hydrogens (tertiary/aromatic N) is 3. The van der Waals surface area contributed by atoms with Crippen LogP contribution in [0.4, 0.5) is 4.39 Å². The fourth-order valence-electron chi connectivity index (χ4n) is 2.54. The number of hydrogen-bond donors (Lipinski definition) is 2. The zero-order valence-corrected chi connectivity index (χ0v) is 22.8. The van der Waals surface area contributed by atoms with Gasteiger partial charge in [0, 0.05) is 0 Å². The molecule has 2 aliphatic heterocycles. The predicted octanol–water partition coefficient (Wildman–Crippen LogP) is 3.22. The average molecular weight is 602 g/mol. The molecule has 2 aliphatic rings. The second kappa shape index (κ2) is 15.8. The SMILES string of the molecule is CC.CC.CN=C/C(OCCCN(C)[CH2][Pb])=C(\C)C1=CC2=CC(N)NN2C=C1F. The van der Waals surface area contributed by atoms with E-state index in [2.05, 4.69) is 22.4 Å². The van der Waals surface area contributed by atoms with Crippen LogP contribution in [-0.4, -0.2) is 79.4 Å². The van der Waals surface area contributed by atoms with E-state index in [0.29, 0.717) is 17.9 Å². The molecule has 0 aromatic carbocycles. The van der Waals surface area contributed by atoms with Gasteiger partial charge in [-0.15, -0.1) is 0 Å². The Balaban J connectivity index is 0.00000184. The number of ether oxygens (including phenoxy) is 1. The van der Waals surface area contributed by atoms with E-state index in [-0.39, 0.29) is 12.0 Å². The molecule has 0 spiro atoms. The third kappa shape index (κ3) is 9.10. The molecular formula is C21H37FN5OPb. The summed E-state index contributed by atoms with van der Waals surface area (Å²) in [5.74, 6) is 0.257. The maximum atomic E-state index is 14.5.